The van der Waals surface area contributed by atoms with Gasteiger partial charge in [0.1, 0.15) is 18.2 Å². The Labute approximate surface area is 215 Å². The molecule has 0 spiro atoms. The number of carbonyl (C=O) groups excluding carboxylic acids is 1. The Balaban J connectivity index is 1.34. The van der Waals surface area contributed by atoms with Crippen LogP contribution >= 0.6 is 0 Å². The van der Waals surface area contributed by atoms with Gasteiger partial charge in [0.2, 0.25) is 5.91 Å². The fourth-order valence-electron chi connectivity index (χ4n) is 6.24. The highest BCUT2D eigenvalue weighted by Gasteiger charge is 2.40. The van der Waals surface area contributed by atoms with Crippen LogP contribution in [0.3, 0.4) is 0 Å². The highest BCUT2D eigenvalue weighted by atomic mass is 19.4. The quantitative estimate of drug-likeness (QED) is 0.592. The van der Waals surface area contributed by atoms with Crippen molar-refractivity contribution in [2.24, 2.45) is 0 Å². The van der Waals surface area contributed by atoms with E-state index in [2.05, 4.69) is 26.7 Å². The predicted octanol–water partition coefficient (Wildman–Crippen LogP) is 4.22. The molecule has 4 atom stereocenters. The average molecular weight is 518 g/mol. The second kappa shape index (κ2) is 10.2. The van der Waals surface area contributed by atoms with E-state index >= 15 is 0 Å². The molecule has 0 N–H and O–H groups in total. The molecule has 2 unspecified atom stereocenters. The Bertz CT molecular complexity index is 1120. The van der Waals surface area contributed by atoms with Crippen molar-refractivity contribution in [2.45, 2.75) is 56.3 Å². The molecule has 1 aromatic heterocycles. The first-order chi connectivity index (χ1) is 17.7. The van der Waals surface area contributed by atoms with E-state index in [1.54, 1.807) is 13.4 Å². The topological polar surface area (TPSA) is 61.8 Å². The Kier molecular flexibility index (Phi) is 7.15. The molecular formula is C27H34F3N5O2. The molecule has 5 rings (SSSR count). The molecule has 0 bridgehead atoms. The van der Waals surface area contributed by atoms with E-state index in [1.807, 2.05) is 11.9 Å². The van der Waals surface area contributed by atoms with Gasteiger partial charge in [-0.25, -0.2) is 9.97 Å². The second-order valence-electron chi connectivity index (χ2n) is 10.5. The lowest BCUT2D eigenvalue weighted by molar-refractivity contribution is -0.137. The average Bonchev–Trinajstić information content (AvgIpc) is 3.46. The number of fused-ring (bicyclic) bond motifs is 1. The monoisotopic (exact) mass is 517 g/mol. The molecule has 2 saturated heterocycles. The summed E-state index contributed by atoms with van der Waals surface area (Å²) in [6.07, 6.45) is -0.146. The van der Waals surface area contributed by atoms with Gasteiger partial charge in [-0.05, 0) is 56.5 Å². The van der Waals surface area contributed by atoms with E-state index in [0.29, 0.717) is 31.7 Å². The summed E-state index contributed by atoms with van der Waals surface area (Å²) in [5.74, 6) is 0.697. The summed E-state index contributed by atoms with van der Waals surface area (Å²) in [6, 6.07) is 5.11. The lowest BCUT2D eigenvalue weighted by atomic mass is 9.87. The van der Waals surface area contributed by atoms with E-state index in [0.717, 1.165) is 55.0 Å². The number of hydrogen-bond acceptors (Lipinski definition) is 6. The van der Waals surface area contributed by atoms with Crippen molar-refractivity contribution in [1.29, 1.82) is 0 Å². The molecule has 2 aromatic rings. The first kappa shape index (κ1) is 25.9. The number of likely N-dealkylation sites (N-methyl/N-ethyl adjacent to an activating group) is 1. The molecule has 1 aliphatic carbocycles. The summed E-state index contributed by atoms with van der Waals surface area (Å²) in [4.78, 5) is 29.2. The van der Waals surface area contributed by atoms with Crippen molar-refractivity contribution in [2.75, 3.05) is 51.8 Å². The number of amides is 1. The van der Waals surface area contributed by atoms with Crippen LogP contribution in [0.1, 0.15) is 66.5 Å². The number of anilines is 1. The van der Waals surface area contributed by atoms with Crippen molar-refractivity contribution in [3.8, 4) is 0 Å². The minimum absolute atomic E-state index is 0.0149. The molecular weight excluding hydrogens is 483 g/mol. The first-order valence-electron chi connectivity index (χ1n) is 13.0. The number of halogens is 3. The van der Waals surface area contributed by atoms with Gasteiger partial charge in [0.15, 0.2) is 0 Å². The molecule has 7 nitrogen and oxygen atoms in total. The number of rotatable bonds is 5. The van der Waals surface area contributed by atoms with Gasteiger partial charge in [0.05, 0.1) is 17.2 Å². The van der Waals surface area contributed by atoms with Crippen LogP contribution in [-0.4, -0.2) is 78.6 Å². The zero-order valence-corrected chi connectivity index (χ0v) is 21.5. The minimum Gasteiger partial charge on any atom is -0.375 e. The number of nitrogens with zero attached hydrogens (tertiary/aromatic N) is 5. The minimum atomic E-state index is -4.40. The van der Waals surface area contributed by atoms with Gasteiger partial charge in [-0.15, -0.1) is 0 Å². The maximum Gasteiger partial charge on any atom is 0.416 e. The SMILES string of the molecule is CO[C@@H]1C[C@@H](C)c2c1ncnc2N1CCN(C(=O)C(c2ccc(C(F)(F)F)cc2)C2CCCN2C)CC1. The largest absolute Gasteiger partial charge is 0.416 e. The fraction of sp³-hybridized carbons (Fsp3) is 0.593. The molecule has 2 aliphatic heterocycles. The van der Waals surface area contributed by atoms with Crippen LogP contribution in [0.2, 0.25) is 0 Å². The zero-order chi connectivity index (χ0) is 26.3. The summed E-state index contributed by atoms with van der Waals surface area (Å²) < 4.78 is 45.1. The predicted molar refractivity (Wildman–Crippen MR) is 133 cm³/mol. The molecule has 0 radical (unpaired) electrons. The fourth-order valence-corrected chi connectivity index (χ4v) is 6.24. The number of methoxy groups -OCH3 is 1. The van der Waals surface area contributed by atoms with Crippen molar-refractivity contribution in [3.05, 3.63) is 53.0 Å². The molecule has 10 heteroatoms. The van der Waals surface area contributed by atoms with Crippen molar-refractivity contribution < 1.29 is 22.7 Å². The maximum atomic E-state index is 13.9. The number of aromatic nitrogens is 2. The number of hydrogen-bond donors (Lipinski definition) is 0. The number of carbonyl (C=O) groups is 1. The van der Waals surface area contributed by atoms with E-state index < -0.39 is 17.7 Å². The standard InChI is InChI=1S/C27H34F3N5O2/c1-17-15-21(37-3)24-22(17)25(32-16-31-24)34-11-13-35(14-12-34)26(36)23(20-5-4-10-33(20)2)18-6-8-19(9-7-18)27(28,29)30/h6-9,16-17,20-21,23H,4-5,10-15H2,1-3H3/t17-,20?,21-,23?/m1/s1. The van der Waals surface area contributed by atoms with Crippen LogP contribution in [0.5, 0.6) is 0 Å². The second-order valence-corrected chi connectivity index (χ2v) is 10.5. The van der Waals surface area contributed by atoms with Crippen molar-refractivity contribution >= 4 is 11.7 Å². The molecule has 2 fully saturated rings. The lowest BCUT2D eigenvalue weighted by Crippen LogP contribution is -2.52. The van der Waals surface area contributed by atoms with Gasteiger partial charge >= 0.3 is 6.18 Å². The summed E-state index contributed by atoms with van der Waals surface area (Å²) in [5, 5.41) is 0. The van der Waals surface area contributed by atoms with Crippen molar-refractivity contribution in [1.82, 2.24) is 19.8 Å². The van der Waals surface area contributed by atoms with Gasteiger partial charge in [-0.1, -0.05) is 19.1 Å². The third-order valence-corrected chi connectivity index (χ3v) is 8.26. The Morgan fingerprint density at radius 3 is 2.38 bits per heavy atom. The Hall–Kier alpha value is -2.72. The van der Waals surface area contributed by atoms with Crippen LogP contribution in [-0.2, 0) is 15.7 Å². The number of likely N-dealkylation sites (tertiary alicyclic amines) is 1. The first-order valence-corrected chi connectivity index (χ1v) is 13.0. The lowest BCUT2D eigenvalue weighted by Gasteiger charge is -2.39. The molecule has 37 heavy (non-hydrogen) atoms. The van der Waals surface area contributed by atoms with E-state index in [1.165, 1.54) is 12.1 Å². The third-order valence-electron chi connectivity index (χ3n) is 8.26. The van der Waals surface area contributed by atoms with Crippen LogP contribution in [0.15, 0.2) is 30.6 Å². The van der Waals surface area contributed by atoms with E-state index in [4.69, 9.17) is 4.74 Å². The molecule has 3 heterocycles. The molecule has 0 saturated carbocycles. The molecule has 200 valence electrons. The number of alkyl halides is 3. The summed E-state index contributed by atoms with van der Waals surface area (Å²) in [6.45, 7) is 5.39. The van der Waals surface area contributed by atoms with Crippen LogP contribution in [0, 0.1) is 0 Å². The number of piperazine rings is 1. The zero-order valence-electron chi connectivity index (χ0n) is 21.5. The summed E-state index contributed by atoms with van der Waals surface area (Å²) in [7, 11) is 3.69. The van der Waals surface area contributed by atoms with E-state index in [-0.39, 0.29) is 24.0 Å². The van der Waals surface area contributed by atoms with Gasteiger partial charge in [-0.2, -0.15) is 13.2 Å². The highest BCUT2D eigenvalue weighted by molar-refractivity contribution is 5.85. The summed E-state index contributed by atoms with van der Waals surface area (Å²) >= 11 is 0. The van der Waals surface area contributed by atoms with Gasteiger partial charge in [0, 0.05) is 44.9 Å². The Morgan fingerprint density at radius 1 is 1.08 bits per heavy atom. The number of benzene rings is 1. The number of ether oxygens (including phenoxy) is 1. The Morgan fingerprint density at radius 2 is 1.78 bits per heavy atom. The molecule has 3 aliphatic rings. The van der Waals surface area contributed by atoms with Crippen LogP contribution < -0.4 is 4.90 Å². The summed E-state index contributed by atoms with van der Waals surface area (Å²) in [5.41, 5.74) is 2.03. The molecule has 1 aromatic carbocycles. The third kappa shape index (κ3) is 4.93. The van der Waals surface area contributed by atoms with Crippen LogP contribution in [0.25, 0.3) is 0 Å². The van der Waals surface area contributed by atoms with Gasteiger partial charge in [0.25, 0.3) is 0 Å². The molecule has 1 amide bonds. The normalized spacial score (nSPS) is 25.4. The smallest absolute Gasteiger partial charge is 0.375 e. The highest BCUT2D eigenvalue weighted by Crippen LogP contribution is 2.44. The van der Waals surface area contributed by atoms with Gasteiger partial charge < -0.3 is 19.4 Å². The van der Waals surface area contributed by atoms with E-state index in [9.17, 15) is 18.0 Å². The van der Waals surface area contributed by atoms with Crippen molar-refractivity contribution in [3.63, 3.8) is 0 Å². The van der Waals surface area contributed by atoms with Gasteiger partial charge in [-0.3, -0.25) is 4.79 Å². The van der Waals surface area contributed by atoms with Crippen LogP contribution in [0.4, 0.5) is 19.0 Å². The maximum absolute atomic E-state index is 13.9.